The van der Waals surface area contributed by atoms with Crippen LogP contribution >= 0.6 is 0 Å². The molecule has 11 heavy (non-hydrogen) atoms. The molecule has 0 N–H and O–H groups in total. The van der Waals surface area contributed by atoms with Crippen molar-refractivity contribution in [2.24, 2.45) is 5.92 Å². The van der Waals surface area contributed by atoms with Gasteiger partial charge in [0.15, 0.2) is 0 Å². The van der Waals surface area contributed by atoms with Crippen LogP contribution in [0, 0.1) is 5.92 Å². The molecule has 2 atom stereocenters. The molecule has 0 saturated heterocycles. The van der Waals surface area contributed by atoms with E-state index in [4.69, 9.17) is 0 Å². The second-order valence-electron chi connectivity index (χ2n) is 3.28. The number of hydrogen-bond acceptors (Lipinski definition) is 1. The maximum absolute atomic E-state index is 11.5. The van der Waals surface area contributed by atoms with E-state index in [9.17, 15) is 4.21 Å². The molecule has 0 aromatic heterocycles. The van der Waals surface area contributed by atoms with Gasteiger partial charge < -0.3 is 0 Å². The van der Waals surface area contributed by atoms with Crippen molar-refractivity contribution in [3.05, 3.63) is 0 Å². The Morgan fingerprint density at radius 1 is 1.45 bits per heavy atom. The first-order chi connectivity index (χ1) is 5.02. The Morgan fingerprint density at radius 3 is 2.36 bits per heavy atom. The molecule has 68 valence electrons. The number of hydrogen-bond donors (Lipinski definition) is 0. The van der Waals surface area contributed by atoms with Gasteiger partial charge in [-0.2, -0.15) is 0 Å². The van der Waals surface area contributed by atoms with Crippen LogP contribution in [-0.2, 0) is 9.52 Å². The van der Waals surface area contributed by atoms with E-state index in [0.29, 0.717) is 5.92 Å². The zero-order valence-electron chi connectivity index (χ0n) is 8.09. The van der Waals surface area contributed by atoms with Gasteiger partial charge in [0.2, 0.25) is 0 Å². The van der Waals surface area contributed by atoms with Crippen molar-refractivity contribution in [2.75, 3.05) is 12.0 Å². The molecule has 0 rings (SSSR count). The van der Waals surface area contributed by atoms with Crippen LogP contribution < -0.4 is 0 Å². The summed E-state index contributed by atoms with van der Waals surface area (Å²) in [7, 11) is -1.60. The van der Waals surface area contributed by atoms with Crippen LogP contribution in [0.2, 0.25) is 0 Å². The summed E-state index contributed by atoms with van der Waals surface area (Å²) in [5, 5.41) is 2.00. The van der Waals surface area contributed by atoms with Gasteiger partial charge in [-0.15, -0.1) is 0 Å². The van der Waals surface area contributed by atoms with Gasteiger partial charge in [-0.1, -0.05) is 27.2 Å². The first kappa shape index (κ1) is 11.0. The molecule has 0 aromatic carbocycles. The highest BCUT2D eigenvalue weighted by Crippen LogP contribution is 2.04. The molecule has 2 heteroatoms. The minimum Gasteiger partial charge on any atom is -0.268 e. The first-order valence-corrected chi connectivity index (χ1v) is 6.51. The summed E-state index contributed by atoms with van der Waals surface area (Å²) < 4.78 is 11.5. The molecular weight excluding hydrogens is 156 g/mol. The van der Waals surface area contributed by atoms with Crippen molar-refractivity contribution in [1.82, 2.24) is 0 Å². The SMILES string of the molecule is CCC(C)CC=S(C)(=O)CC. The number of rotatable bonds is 4. The maximum atomic E-state index is 11.5. The molecule has 0 spiro atoms. The Balaban J connectivity index is 4.02. The topological polar surface area (TPSA) is 17.1 Å². The molecule has 0 bridgehead atoms. The van der Waals surface area contributed by atoms with Gasteiger partial charge in [0.05, 0.1) is 0 Å². The zero-order valence-corrected chi connectivity index (χ0v) is 8.91. The van der Waals surface area contributed by atoms with E-state index in [1.807, 2.05) is 18.5 Å². The summed E-state index contributed by atoms with van der Waals surface area (Å²) in [6.07, 6.45) is 4.02. The van der Waals surface area contributed by atoms with Crippen molar-refractivity contribution < 1.29 is 4.21 Å². The van der Waals surface area contributed by atoms with E-state index in [0.717, 1.165) is 12.2 Å². The highest BCUT2D eigenvalue weighted by Gasteiger charge is 1.98. The van der Waals surface area contributed by atoms with Crippen molar-refractivity contribution in [3.8, 4) is 0 Å². The van der Waals surface area contributed by atoms with E-state index >= 15 is 0 Å². The van der Waals surface area contributed by atoms with Gasteiger partial charge in [-0.25, -0.2) is 0 Å². The summed E-state index contributed by atoms with van der Waals surface area (Å²) in [6.45, 7) is 6.35. The van der Waals surface area contributed by atoms with Gasteiger partial charge in [0.25, 0.3) is 0 Å². The normalized spacial score (nSPS) is 18.9. The zero-order chi connectivity index (χ0) is 8.91. The van der Waals surface area contributed by atoms with Crippen molar-refractivity contribution >= 4 is 14.9 Å². The summed E-state index contributed by atoms with van der Waals surface area (Å²) in [4.78, 5) is 0. The summed E-state index contributed by atoms with van der Waals surface area (Å²) in [6, 6.07) is 0. The standard InChI is InChI=1S/C9H20OS/c1-5-9(3)7-8-11(4,10)6-2/h8-9H,5-7H2,1-4H3. The van der Waals surface area contributed by atoms with Crippen molar-refractivity contribution in [1.29, 1.82) is 0 Å². The molecular formula is C9H20OS. The Bertz CT molecular complexity index is 200. The highest BCUT2D eigenvalue weighted by atomic mass is 32.2. The van der Waals surface area contributed by atoms with Gasteiger partial charge in [0, 0.05) is 12.0 Å². The molecule has 1 nitrogen and oxygen atoms in total. The summed E-state index contributed by atoms with van der Waals surface area (Å²) in [5.41, 5.74) is 0. The lowest BCUT2D eigenvalue weighted by molar-refractivity contribution is 0.593. The van der Waals surface area contributed by atoms with Crippen LogP contribution in [0.4, 0.5) is 0 Å². The fourth-order valence-corrected chi connectivity index (χ4v) is 1.62. The molecule has 0 aliphatic heterocycles. The van der Waals surface area contributed by atoms with Crippen LogP contribution in [0.1, 0.15) is 33.6 Å². The maximum Gasteiger partial charge on any atom is 0.0130 e. The quantitative estimate of drug-likeness (QED) is 0.600. The van der Waals surface area contributed by atoms with Gasteiger partial charge in [-0.05, 0) is 27.2 Å². The van der Waals surface area contributed by atoms with Gasteiger partial charge >= 0.3 is 0 Å². The molecule has 0 aromatic rings. The molecule has 0 fully saturated rings. The molecule has 0 radical (unpaired) electrons. The summed E-state index contributed by atoms with van der Waals surface area (Å²) in [5.74, 6) is 1.46. The molecule has 0 aliphatic carbocycles. The Kier molecular flexibility index (Phi) is 4.82. The van der Waals surface area contributed by atoms with E-state index in [2.05, 4.69) is 13.8 Å². The molecule has 0 aliphatic rings. The first-order valence-electron chi connectivity index (χ1n) is 4.32. The third-order valence-electron chi connectivity index (χ3n) is 2.12. The van der Waals surface area contributed by atoms with E-state index < -0.39 is 9.52 Å². The molecule has 0 amide bonds. The Hall–Kier alpha value is 0.0200. The van der Waals surface area contributed by atoms with Crippen molar-refractivity contribution in [2.45, 2.75) is 33.6 Å². The Morgan fingerprint density at radius 2 is 2.00 bits per heavy atom. The fraction of sp³-hybridized carbons (Fsp3) is 0.889. The molecule has 0 heterocycles. The Labute approximate surface area is 71.2 Å². The van der Waals surface area contributed by atoms with Crippen LogP contribution in [-0.4, -0.2) is 21.6 Å². The monoisotopic (exact) mass is 176 g/mol. The van der Waals surface area contributed by atoms with Gasteiger partial charge in [0.1, 0.15) is 0 Å². The second-order valence-corrected chi connectivity index (χ2v) is 6.33. The third-order valence-corrected chi connectivity index (χ3v) is 4.17. The van der Waals surface area contributed by atoms with Crippen LogP contribution in [0.5, 0.6) is 0 Å². The minimum absolute atomic E-state index is 0.683. The lowest BCUT2D eigenvalue weighted by Crippen LogP contribution is -2.06. The predicted octanol–water partition coefficient (Wildman–Crippen LogP) is 2.16. The fourth-order valence-electron chi connectivity index (χ4n) is 0.652. The summed E-state index contributed by atoms with van der Waals surface area (Å²) >= 11 is 0. The minimum atomic E-state index is -1.60. The van der Waals surface area contributed by atoms with Crippen LogP contribution in [0.25, 0.3) is 0 Å². The van der Waals surface area contributed by atoms with E-state index in [-0.39, 0.29) is 0 Å². The molecule has 0 saturated carbocycles. The lowest BCUT2D eigenvalue weighted by Gasteiger charge is -2.05. The third kappa shape index (κ3) is 5.31. The van der Waals surface area contributed by atoms with E-state index in [1.54, 1.807) is 0 Å². The van der Waals surface area contributed by atoms with Crippen LogP contribution in [0.15, 0.2) is 0 Å². The second kappa shape index (κ2) is 4.81. The average Bonchev–Trinajstić information content (AvgIpc) is 2.00. The lowest BCUT2D eigenvalue weighted by atomic mass is 10.1. The smallest absolute Gasteiger partial charge is 0.0130 e. The highest BCUT2D eigenvalue weighted by molar-refractivity contribution is 8.00. The average molecular weight is 176 g/mol. The van der Waals surface area contributed by atoms with Crippen molar-refractivity contribution in [3.63, 3.8) is 0 Å². The van der Waals surface area contributed by atoms with Crippen LogP contribution in [0.3, 0.4) is 0 Å². The predicted molar refractivity (Wildman–Crippen MR) is 54.7 cm³/mol. The largest absolute Gasteiger partial charge is 0.268 e. The van der Waals surface area contributed by atoms with Gasteiger partial charge in [-0.3, -0.25) is 4.21 Å². The van der Waals surface area contributed by atoms with E-state index in [1.165, 1.54) is 6.42 Å². The molecule has 2 unspecified atom stereocenters.